The Labute approximate surface area is 149 Å². The van der Waals surface area contributed by atoms with E-state index in [1.54, 1.807) is 11.6 Å². The molecule has 0 aliphatic heterocycles. The van der Waals surface area contributed by atoms with Crippen LogP contribution in [0.2, 0.25) is 0 Å². The summed E-state index contributed by atoms with van der Waals surface area (Å²) in [5.41, 5.74) is 1.85. The van der Waals surface area contributed by atoms with Crippen LogP contribution < -0.4 is 5.32 Å². The minimum absolute atomic E-state index is 0.165. The maximum atomic E-state index is 12.4. The smallest absolute Gasteiger partial charge is 0.326 e. The fourth-order valence-corrected chi connectivity index (χ4v) is 2.67. The van der Waals surface area contributed by atoms with E-state index in [0.29, 0.717) is 17.7 Å². The van der Waals surface area contributed by atoms with Gasteiger partial charge in [-0.05, 0) is 43.5 Å². The minimum atomic E-state index is -1.03. The quantitative estimate of drug-likeness (QED) is 0.788. The number of hydrogen-bond acceptors (Lipinski definition) is 3. The molecule has 0 aliphatic rings. The molecule has 0 spiro atoms. The van der Waals surface area contributed by atoms with Gasteiger partial charge in [0.05, 0.1) is 23.1 Å². The van der Waals surface area contributed by atoms with Crippen LogP contribution in [0.25, 0.3) is 5.69 Å². The number of aliphatic carboxylic acids is 1. The summed E-state index contributed by atoms with van der Waals surface area (Å²) < 4.78 is 2.60. The van der Waals surface area contributed by atoms with Crippen LogP contribution in [0.4, 0.5) is 0 Å². The highest BCUT2D eigenvalue weighted by molar-refractivity contribution is 9.10. The molecule has 0 bridgehead atoms. The summed E-state index contributed by atoms with van der Waals surface area (Å²) in [7, 11) is 0. The minimum Gasteiger partial charge on any atom is -0.480 e. The molecule has 0 radical (unpaired) electrons. The molecule has 2 rings (SSSR count). The average Bonchev–Trinajstić information content (AvgIpc) is 2.88. The number of amides is 1. The molecule has 1 amide bonds. The number of benzene rings is 1. The van der Waals surface area contributed by atoms with E-state index < -0.39 is 17.9 Å². The third-order valence-corrected chi connectivity index (χ3v) is 4.16. The standard InChI is InChI=1S/C17H20BrN3O3/c1-10(2)8-15(17(23)24)20-16(22)14-9-19-21(11(14)3)13-6-4-12(18)5-7-13/h4-7,9-10,15H,8H2,1-3H3,(H,20,22)(H,23,24). The Morgan fingerprint density at radius 1 is 1.29 bits per heavy atom. The van der Waals surface area contributed by atoms with Crippen molar-refractivity contribution < 1.29 is 14.7 Å². The number of halogens is 1. The molecular formula is C17H20BrN3O3. The van der Waals surface area contributed by atoms with Crippen molar-refractivity contribution in [2.75, 3.05) is 0 Å². The molecule has 2 aromatic rings. The molecule has 1 atom stereocenters. The monoisotopic (exact) mass is 393 g/mol. The van der Waals surface area contributed by atoms with Crippen LogP contribution in [0, 0.1) is 12.8 Å². The Kier molecular flexibility index (Phi) is 5.77. The summed E-state index contributed by atoms with van der Waals surface area (Å²) in [4.78, 5) is 23.7. The molecule has 6 nitrogen and oxygen atoms in total. The SMILES string of the molecule is Cc1c(C(=O)NC(CC(C)C)C(=O)O)cnn1-c1ccc(Br)cc1. The van der Waals surface area contributed by atoms with Crippen LogP contribution in [0.3, 0.4) is 0 Å². The zero-order chi connectivity index (χ0) is 17.9. The molecule has 1 unspecified atom stereocenters. The lowest BCUT2D eigenvalue weighted by Gasteiger charge is -2.16. The van der Waals surface area contributed by atoms with Gasteiger partial charge in [0.15, 0.2) is 0 Å². The van der Waals surface area contributed by atoms with E-state index in [9.17, 15) is 14.7 Å². The van der Waals surface area contributed by atoms with Crippen LogP contribution in [0.5, 0.6) is 0 Å². The van der Waals surface area contributed by atoms with E-state index in [1.807, 2.05) is 38.1 Å². The molecule has 24 heavy (non-hydrogen) atoms. The number of carboxylic acids is 1. The Hall–Kier alpha value is -2.15. The summed E-state index contributed by atoms with van der Waals surface area (Å²) in [6.45, 7) is 5.61. The topological polar surface area (TPSA) is 84.2 Å². The highest BCUT2D eigenvalue weighted by atomic mass is 79.9. The number of nitrogens with one attached hydrogen (secondary N) is 1. The van der Waals surface area contributed by atoms with Crippen molar-refractivity contribution in [1.82, 2.24) is 15.1 Å². The molecule has 0 saturated heterocycles. The first-order chi connectivity index (χ1) is 11.3. The lowest BCUT2D eigenvalue weighted by Crippen LogP contribution is -2.41. The Bertz CT molecular complexity index is 738. The highest BCUT2D eigenvalue weighted by Gasteiger charge is 2.24. The van der Waals surface area contributed by atoms with Gasteiger partial charge < -0.3 is 10.4 Å². The molecule has 0 fully saturated rings. The van der Waals surface area contributed by atoms with Gasteiger partial charge in [0.1, 0.15) is 6.04 Å². The second-order valence-electron chi connectivity index (χ2n) is 6.03. The van der Waals surface area contributed by atoms with Gasteiger partial charge in [0, 0.05) is 4.47 Å². The number of hydrogen-bond donors (Lipinski definition) is 2. The molecule has 0 aliphatic carbocycles. The van der Waals surface area contributed by atoms with Crippen molar-refractivity contribution in [1.29, 1.82) is 0 Å². The van der Waals surface area contributed by atoms with Crippen LogP contribution in [-0.2, 0) is 4.79 Å². The first kappa shape index (κ1) is 18.2. The first-order valence-electron chi connectivity index (χ1n) is 7.63. The van der Waals surface area contributed by atoms with Gasteiger partial charge in [0.2, 0.25) is 0 Å². The van der Waals surface area contributed by atoms with Gasteiger partial charge in [-0.3, -0.25) is 4.79 Å². The number of rotatable bonds is 6. The van der Waals surface area contributed by atoms with Crippen molar-refractivity contribution >= 4 is 27.8 Å². The molecule has 1 heterocycles. The second-order valence-corrected chi connectivity index (χ2v) is 6.94. The van der Waals surface area contributed by atoms with E-state index in [0.717, 1.165) is 10.2 Å². The number of aromatic nitrogens is 2. The molecule has 2 N–H and O–H groups in total. The Morgan fingerprint density at radius 3 is 2.46 bits per heavy atom. The Balaban J connectivity index is 2.21. The number of carboxylic acid groups (broad SMARTS) is 1. The fraction of sp³-hybridized carbons (Fsp3) is 0.353. The summed E-state index contributed by atoms with van der Waals surface area (Å²) in [6, 6.07) is 6.63. The van der Waals surface area contributed by atoms with Gasteiger partial charge >= 0.3 is 5.97 Å². The van der Waals surface area contributed by atoms with E-state index in [4.69, 9.17) is 0 Å². The second kappa shape index (κ2) is 7.61. The molecular weight excluding hydrogens is 374 g/mol. The maximum Gasteiger partial charge on any atom is 0.326 e. The van der Waals surface area contributed by atoms with Gasteiger partial charge in [-0.1, -0.05) is 29.8 Å². The van der Waals surface area contributed by atoms with Crippen molar-refractivity contribution in [3.8, 4) is 5.69 Å². The van der Waals surface area contributed by atoms with Crippen LogP contribution >= 0.6 is 15.9 Å². The molecule has 128 valence electrons. The van der Waals surface area contributed by atoms with E-state index in [1.165, 1.54) is 6.20 Å². The highest BCUT2D eigenvalue weighted by Crippen LogP contribution is 2.17. The van der Waals surface area contributed by atoms with Crippen molar-refractivity contribution in [3.05, 3.63) is 46.2 Å². The van der Waals surface area contributed by atoms with Gasteiger partial charge in [-0.25, -0.2) is 9.48 Å². The third-order valence-electron chi connectivity index (χ3n) is 3.64. The van der Waals surface area contributed by atoms with Crippen molar-refractivity contribution in [3.63, 3.8) is 0 Å². The zero-order valence-electron chi connectivity index (χ0n) is 13.8. The molecule has 7 heteroatoms. The van der Waals surface area contributed by atoms with Crippen LogP contribution in [0.15, 0.2) is 34.9 Å². The fourth-order valence-electron chi connectivity index (χ4n) is 2.40. The zero-order valence-corrected chi connectivity index (χ0v) is 15.4. The largest absolute Gasteiger partial charge is 0.480 e. The van der Waals surface area contributed by atoms with E-state index >= 15 is 0 Å². The van der Waals surface area contributed by atoms with Gasteiger partial charge in [0.25, 0.3) is 5.91 Å². The van der Waals surface area contributed by atoms with Gasteiger partial charge in [-0.15, -0.1) is 0 Å². The van der Waals surface area contributed by atoms with Crippen molar-refractivity contribution in [2.24, 2.45) is 5.92 Å². The van der Waals surface area contributed by atoms with Crippen LogP contribution in [-0.4, -0.2) is 32.8 Å². The third kappa shape index (κ3) is 4.23. The van der Waals surface area contributed by atoms with E-state index in [2.05, 4.69) is 26.3 Å². The summed E-state index contributed by atoms with van der Waals surface area (Å²) in [5.74, 6) is -1.29. The lowest BCUT2D eigenvalue weighted by atomic mass is 10.0. The normalized spacial score (nSPS) is 12.2. The van der Waals surface area contributed by atoms with E-state index in [-0.39, 0.29) is 5.92 Å². The Morgan fingerprint density at radius 2 is 1.92 bits per heavy atom. The predicted octanol–water partition coefficient (Wildman–Crippen LogP) is 3.17. The molecule has 1 aromatic heterocycles. The lowest BCUT2D eigenvalue weighted by molar-refractivity contribution is -0.139. The number of carbonyl (C=O) groups is 2. The summed E-state index contributed by atoms with van der Waals surface area (Å²) in [6.07, 6.45) is 1.84. The first-order valence-corrected chi connectivity index (χ1v) is 8.43. The van der Waals surface area contributed by atoms with Crippen molar-refractivity contribution in [2.45, 2.75) is 33.2 Å². The van der Waals surface area contributed by atoms with Gasteiger partial charge in [-0.2, -0.15) is 5.10 Å². The molecule has 0 saturated carbocycles. The maximum absolute atomic E-state index is 12.4. The number of nitrogens with zero attached hydrogens (tertiary/aromatic N) is 2. The summed E-state index contributed by atoms with van der Waals surface area (Å²) in [5, 5.41) is 16.1. The average molecular weight is 394 g/mol. The molecule has 1 aromatic carbocycles. The predicted molar refractivity (Wildman–Crippen MR) is 94.3 cm³/mol. The number of carbonyl (C=O) groups excluding carboxylic acids is 1. The van der Waals surface area contributed by atoms with Crippen LogP contribution in [0.1, 0.15) is 36.3 Å². The summed E-state index contributed by atoms with van der Waals surface area (Å²) >= 11 is 3.38.